The normalized spacial score (nSPS) is 11.7. The summed E-state index contributed by atoms with van der Waals surface area (Å²) in [6.45, 7) is 0. The number of para-hydroxylation sites is 3. The first-order chi connectivity index (χ1) is 21.2. The minimum atomic E-state index is 0.564. The molecule has 5 nitrogen and oxygen atoms in total. The fraction of sp³-hybridized carbons (Fsp3) is 0. The van der Waals surface area contributed by atoms with Crippen LogP contribution in [0.3, 0.4) is 0 Å². The molecular formula is C38H19N3O2. The van der Waals surface area contributed by atoms with Crippen LogP contribution < -0.4 is 0 Å². The Balaban J connectivity index is 1.44. The summed E-state index contributed by atoms with van der Waals surface area (Å²) in [5.41, 5.74) is 8.91. The van der Waals surface area contributed by atoms with Crippen LogP contribution in [0.2, 0.25) is 0 Å². The zero-order valence-electron chi connectivity index (χ0n) is 22.6. The molecule has 43 heavy (non-hydrogen) atoms. The van der Waals surface area contributed by atoms with Crippen molar-refractivity contribution in [3.63, 3.8) is 0 Å². The van der Waals surface area contributed by atoms with E-state index in [0.717, 1.165) is 82.5 Å². The van der Waals surface area contributed by atoms with Crippen LogP contribution in [-0.4, -0.2) is 4.57 Å². The molecule has 3 aromatic heterocycles. The van der Waals surface area contributed by atoms with Gasteiger partial charge in [0.25, 0.3) is 0 Å². The second-order valence-corrected chi connectivity index (χ2v) is 10.7. The molecule has 0 saturated heterocycles. The number of hydrogen-bond acceptors (Lipinski definition) is 4. The maximum Gasteiger partial charge on any atom is 0.137 e. The zero-order valence-corrected chi connectivity index (χ0v) is 22.6. The third-order valence-corrected chi connectivity index (χ3v) is 8.46. The third kappa shape index (κ3) is 3.19. The van der Waals surface area contributed by atoms with Crippen LogP contribution in [0.1, 0.15) is 11.1 Å². The van der Waals surface area contributed by atoms with Gasteiger partial charge in [0.1, 0.15) is 28.4 Å². The molecule has 0 amide bonds. The van der Waals surface area contributed by atoms with Crippen LogP contribution in [0.15, 0.2) is 124 Å². The second kappa shape index (κ2) is 8.60. The highest BCUT2D eigenvalue weighted by Crippen LogP contribution is 2.44. The fourth-order valence-corrected chi connectivity index (χ4v) is 6.62. The van der Waals surface area contributed by atoms with Crippen molar-refractivity contribution < 1.29 is 8.83 Å². The van der Waals surface area contributed by atoms with E-state index in [1.807, 2.05) is 72.8 Å². The van der Waals surface area contributed by atoms with Crippen LogP contribution in [0.25, 0.3) is 82.5 Å². The first-order valence-corrected chi connectivity index (χ1v) is 14.0. The molecule has 0 fully saturated rings. The first-order valence-electron chi connectivity index (χ1n) is 14.0. The number of benzene rings is 6. The van der Waals surface area contributed by atoms with Gasteiger partial charge in [-0.05, 0) is 66.2 Å². The Kier molecular flexibility index (Phi) is 4.68. The van der Waals surface area contributed by atoms with Gasteiger partial charge in [0, 0.05) is 32.5 Å². The smallest absolute Gasteiger partial charge is 0.137 e. The Morgan fingerprint density at radius 1 is 0.535 bits per heavy atom. The lowest BCUT2D eigenvalue weighted by Gasteiger charge is -2.16. The monoisotopic (exact) mass is 549 g/mol. The average molecular weight is 550 g/mol. The Labute approximate surface area is 244 Å². The van der Waals surface area contributed by atoms with Gasteiger partial charge >= 0.3 is 0 Å². The van der Waals surface area contributed by atoms with Gasteiger partial charge in [-0.25, -0.2) is 0 Å². The number of nitrogens with zero attached hydrogens (tertiary/aromatic N) is 3. The quantitative estimate of drug-likeness (QED) is 0.215. The Hall–Kier alpha value is -6.30. The molecule has 0 N–H and O–H groups in total. The molecule has 0 spiro atoms. The number of rotatable bonds is 2. The maximum absolute atomic E-state index is 10.5. The Morgan fingerprint density at radius 2 is 1.26 bits per heavy atom. The number of furan rings is 2. The predicted molar refractivity (Wildman–Crippen MR) is 170 cm³/mol. The second-order valence-electron chi connectivity index (χ2n) is 10.7. The van der Waals surface area contributed by atoms with Gasteiger partial charge in [-0.1, -0.05) is 54.6 Å². The molecule has 9 rings (SSSR count). The number of hydrogen-bond donors (Lipinski definition) is 0. The highest BCUT2D eigenvalue weighted by molar-refractivity contribution is 6.24. The molecule has 0 saturated carbocycles. The van der Waals surface area contributed by atoms with E-state index in [1.165, 1.54) is 0 Å². The van der Waals surface area contributed by atoms with Crippen molar-refractivity contribution in [2.24, 2.45) is 0 Å². The molecular weight excluding hydrogens is 530 g/mol. The lowest BCUT2D eigenvalue weighted by atomic mass is 9.97. The molecule has 0 atom stereocenters. The molecule has 0 aliphatic rings. The van der Waals surface area contributed by atoms with Crippen LogP contribution in [-0.2, 0) is 0 Å². The van der Waals surface area contributed by atoms with E-state index in [2.05, 4.69) is 53.1 Å². The molecule has 0 bridgehead atoms. The van der Waals surface area contributed by atoms with Crippen LogP contribution in [0.4, 0.5) is 0 Å². The Morgan fingerprint density at radius 3 is 2.12 bits per heavy atom. The zero-order chi connectivity index (χ0) is 28.7. The largest absolute Gasteiger partial charge is 0.456 e. The van der Waals surface area contributed by atoms with E-state index in [9.17, 15) is 10.5 Å². The lowest BCUT2D eigenvalue weighted by Crippen LogP contribution is -2.01. The van der Waals surface area contributed by atoms with E-state index in [-0.39, 0.29) is 0 Å². The van der Waals surface area contributed by atoms with Crippen LogP contribution in [0.5, 0.6) is 0 Å². The minimum absolute atomic E-state index is 0.564. The summed E-state index contributed by atoms with van der Waals surface area (Å²) < 4.78 is 14.6. The van der Waals surface area contributed by atoms with Gasteiger partial charge in [-0.3, -0.25) is 0 Å². The average Bonchev–Trinajstić information content (AvgIpc) is 3.72. The van der Waals surface area contributed by atoms with Crippen molar-refractivity contribution in [1.29, 1.82) is 10.5 Å². The van der Waals surface area contributed by atoms with E-state index >= 15 is 0 Å². The topological polar surface area (TPSA) is 78.8 Å². The Bertz CT molecular complexity index is 2710. The molecule has 5 heteroatoms. The van der Waals surface area contributed by atoms with Crippen LogP contribution in [0, 0.1) is 22.7 Å². The number of aromatic nitrogens is 1. The summed E-state index contributed by atoms with van der Waals surface area (Å²) in [6.07, 6.45) is 0. The van der Waals surface area contributed by atoms with Crippen molar-refractivity contribution in [3.8, 4) is 29.0 Å². The van der Waals surface area contributed by atoms with Crippen molar-refractivity contribution >= 4 is 65.7 Å². The molecule has 9 aromatic rings. The predicted octanol–water partition coefficient (Wildman–Crippen LogP) is 9.99. The van der Waals surface area contributed by atoms with Gasteiger partial charge in [0.05, 0.1) is 39.3 Å². The van der Waals surface area contributed by atoms with Crippen molar-refractivity contribution in [1.82, 2.24) is 4.57 Å². The molecule has 0 radical (unpaired) electrons. The summed E-state index contributed by atoms with van der Waals surface area (Å²) in [5.74, 6) is 0. The third-order valence-electron chi connectivity index (χ3n) is 8.46. The molecule has 0 aliphatic carbocycles. The molecule has 0 unspecified atom stereocenters. The summed E-state index contributed by atoms with van der Waals surface area (Å²) in [6, 6.07) is 42.7. The first kappa shape index (κ1) is 23.4. The molecule has 3 heterocycles. The molecule has 6 aromatic carbocycles. The van der Waals surface area contributed by atoms with Gasteiger partial charge in [-0.2, -0.15) is 10.5 Å². The summed E-state index contributed by atoms with van der Waals surface area (Å²) in [5, 5.41) is 26.1. The maximum atomic E-state index is 10.5. The van der Waals surface area contributed by atoms with Gasteiger partial charge < -0.3 is 13.4 Å². The highest BCUT2D eigenvalue weighted by Gasteiger charge is 2.23. The summed E-state index contributed by atoms with van der Waals surface area (Å²) >= 11 is 0. The van der Waals surface area contributed by atoms with E-state index in [4.69, 9.17) is 8.83 Å². The van der Waals surface area contributed by atoms with Gasteiger partial charge in [-0.15, -0.1) is 0 Å². The lowest BCUT2D eigenvalue weighted by molar-refractivity contribution is 0.668. The SMILES string of the molecule is N#Cc1ccc2oc3ccc(-c4cccc(C#N)c4-n4c5ccccc5c5ccc6oc7ccccc7c6c54)cc3c2c1. The van der Waals surface area contributed by atoms with Gasteiger partial charge in [0.15, 0.2) is 0 Å². The van der Waals surface area contributed by atoms with Crippen molar-refractivity contribution in [3.05, 3.63) is 126 Å². The highest BCUT2D eigenvalue weighted by atomic mass is 16.3. The van der Waals surface area contributed by atoms with E-state index in [1.54, 1.807) is 6.07 Å². The van der Waals surface area contributed by atoms with Crippen LogP contribution >= 0.6 is 0 Å². The van der Waals surface area contributed by atoms with Gasteiger partial charge in [0.2, 0.25) is 0 Å². The molecule has 0 aliphatic heterocycles. The van der Waals surface area contributed by atoms with Crippen molar-refractivity contribution in [2.75, 3.05) is 0 Å². The van der Waals surface area contributed by atoms with E-state index in [0.29, 0.717) is 11.1 Å². The number of fused-ring (bicyclic) bond motifs is 10. The molecule has 198 valence electrons. The fourth-order valence-electron chi connectivity index (χ4n) is 6.62. The summed E-state index contributed by atoms with van der Waals surface area (Å²) in [7, 11) is 0. The standard InChI is InChI=1S/C38H19N3O2/c39-20-22-12-15-33-29(18-22)30-19-23(13-16-34(30)42-33)25-9-5-6-24(21-40)37(25)41-31-10-3-1-7-26(31)27-14-17-35-36(38(27)41)28-8-2-4-11-32(28)43-35/h1-19H. The minimum Gasteiger partial charge on any atom is -0.456 e. The van der Waals surface area contributed by atoms with E-state index < -0.39 is 0 Å². The summed E-state index contributed by atoms with van der Waals surface area (Å²) in [4.78, 5) is 0. The van der Waals surface area contributed by atoms with Crippen molar-refractivity contribution in [2.45, 2.75) is 0 Å². The number of nitriles is 2.